The fourth-order valence-electron chi connectivity index (χ4n) is 6.93. The first-order valence-electron chi connectivity index (χ1n) is 10.5. The monoisotopic (exact) mass is 387 g/mol. The quantitative estimate of drug-likeness (QED) is 0.792. The van der Waals surface area contributed by atoms with Crippen molar-refractivity contribution in [1.29, 1.82) is 0 Å². The summed E-state index contributed by atoms with van der Waals surface area (Å²) in [6.45, 7) is 0.732. The van der Waals surface area contributed by atoms with Crippen molar-refractivity contribution in [3.8, 4) is 0 Å². The number of carbonyl (C=O) groups excluding carboxylic acids is 1. The highest BCUT2D eigenvalue weighted by Crippen LogP contribution is 2.60. The maximum absolute atomic E-state index is 13.7. The Labute approximate surface area is 162 Å². The molecule has 0 radical (unpaired) electrons. The highest BCUT2D eigenvalue weighted by Gasteiger charge is 2.56. The van der Waals surface area contributed by atoms with Gasteiger partial charge in [-0.25, -0.2) is 8.42 Å². The second-order valence-corrected chi connectivity index (χ2v) is 11.6. The average Bonchev–Trinajstić information content (AvgIpc) is 3.08. The van der Waals surface area contributed by atoms with E-state index in [4.69, 9.17) is 0 Å². The van der Waals surface area contributed by atoms with Gasteiger partial charge in [0, 0.05) is 12.6 Å². The number of carbonyl (C=O) groups is 1. The number of benzene rings is 1. The number of likely N-dealkylation sites (tertiary alicyclic amines) is 1. The van der Waals surface area contributed by atoms with E-state index in [9.17, 15) is 13.2 Å². The van der Waals surface area contributed by atoms with E-state index in [0.717, 1.165) is 56.4 Å². The van der Waals surface area contributed by atoms with Crippen LogP contribution in [0.5, 0.6) is 0 Å². The summed E-state index contributed by atoms with van der Waals surface area (Å²) in [4.78, 5) is 16.0. The summed E-state index contributed by atoms with van der Waals surface area (Å²) < 4.78 is 25.7. The largest absolute Gasteiger partial charge is 0.338 e. The van der Waals surface area contributed by atoms with Crippen molar-refractivity contribution < 1.29 is 13.2 Å². The van der Waals surface area contributed by atoms with E-state index in [-0.39, 0.29) is 23.1 Å². The molecule has 1 saturated heterocycles. The average molecular weight is 388 g/mol. The molecule has 5 aliphatic rings. The fourth-order valence-corrected chi connectivity index (χ4v) is 8.55. The smallest absolute Gasteiger partial charge is 0.229 e. The summed E-state index contributed by atoms with van der Waals surface area (Å²) >= 11 is 0. The van der Waals surface area contributed by atoms with E-state index in [1.54, 1.807) is 24.3 Å². The number of amides is 1. The van der Waals surface area contributed by atoms with Crippen LogP contribution in [-0.4, -0.2) is 37.6 Å². The normalized spacial score (nSPS) is 37.7. The van der Waals surface area contributed by atoms with Crippen molar-refractivity contribution >= 4 is 15.7 Å². The molecule has 1 unspecified atom stereocenters. The van der Waals surface area contributed by atoms with Crippen LogP contribution in [0, 0.1) is 23.2 Å². The van der Waals surface area contributed by atoms with Gasteiger partial charge in [0.1, 0.15) is 0 Å². The van der Waals surface area contributed by atoms with Crippen molar-refractivity contribution in [2.75, 3.05) is 12.3 Å². The molecule has 6 rings (SSSR count). The Kier molecular flexibility index (Phi) is 4.15. The van der Waals surface area contributed by atoms with Crippen LogP contribution < -0.4 is 0 Å². The zero-order valence-electron chi connectivity index (χ0n) is 15.8. The van der Waals surface area contributed by atoms with Gasteiger partial charge in [0.15, 0.2) is 9.84 Å². The minimum absolute atomic E-state index is 0.0646. The zero-order chi connectivity index (χ0) is 18.6. The van der Waals surface area contributed by atoms with Gasteiger partial charge in [0.05, 0.1) is 16.1 Å². The first-order valence-corrected chi connectivity index (χ1v) is 12.2. The second-order valence-electron chi connectivity index (χ2n) is 9.59. The van der Waals surface area contributed by atoms with Gasteiger partial charge in [0.25, 0.3) is 0 Å². The fraction of sp³-hybridized carbons (Fsp3) is 0.682. The number of sulfone groups is 1. The Hall–Kier alpha value is -1.36. The van der Waals surface area contributed by atoms with Gasteiger partial charge in [-0.1, -0.05) is 18.2 Å². The molecule has 1 atom stereocenters. The van der Waals surface area contributed by atoms with Gasteiger partial charge in [-0.15, -0.1) is 0 Å². The number of rotatable bonds is 4. The molecule has 27 heavy (non-hydrogen) atoms. The summed E-state index contributed by atoms with van der Waals surface area (Å²) in [5, 5.41) is 0. The van der Waals surface area contributed by atoms with Crippen LogP contribution in [0.3, 0.4) is 0 Å². The zero-order valence-corrected chi connectivity index (χ0v) is 16.7. The highest BCUT2D eigenvalue weighted by molar-refractivity contribution is 7.91. The van der Waals surface area contributed by atoms with Crippen molar-refractivity contribution in [3.05, 3.63) is 30.3 Å². The van der Waals surface area contributed by atoms with Gasteiger partial charge in [-0.3, -0.25) is 4.79 Å². The van der Waals surface area contributed by atoms with Crippen LogP contribution in [0.1, 0.15) is 51.4 Å². The predicted octanol–water partition coefficient (Wildman–Crippen LogP) is 3.67. The molecule has 0 aromatic heterocycles. The van der Waals surface area contributed by atoms with Crippen LogP contribution in [0.15, 0.2) is 35.2 Å². The molecule has 4 aliphatic carbocycles. The van der Waals surface area contributed by atoms with Crippen LogP contribution >= 0.6 is 0 Å². The molecule has 1 heterocycles. The van der Waals surface area contributed by atoms with E-state index < -0.39 is 9.84 Å². The molecular weight excluding hydrogens is 358 g/mol. The SMILES string of the molecule is O=C(N1CCCC1CS(=O)(=O)c1ccccc1)C12CC3CC(CC(C3)C1)C2. The lowest BCUT2D eigenvalue weighted by atomic mass is 9.49. The molecule has 1 aromatic rings. The standard InChI is InChI=1S/C22H29NO3S/c24-21(22-12-16-9-17(13-22)11-18(10-16)14-22)23-8-4-5-19(23)15-27(25,26)20-6-2-1-3-7-20/h1-3,6-7,16-19H,4-5,8-15H2. The molecule has 0 N–H and O–H groups in total. The van der Waals surface area contributed by atoms with E-state index in [1.807, 2.05) is 11.0 Å². The summed E-state index contributed by atoms with van der Waals surface area (Å²) in [6.07, 6.45) is 8.83. The van der Waals surface area contributed by atoms with Gasteiger partial charge in [-0.2, -0.15) is 0 Å². The molecule has 0 spiro atoms. The van der Waals surface area contributed by atoms with Crippen LogP contribution in [0.4, 0.5) is 0 Å². The Morgan fingerprint density at radius 1 is 1.00 bits per heavy atom. The lowest BCUT2D eigenvalue weighted by molar-refractivity contribution is -0.158. The number of hydrogen-bond donors (Lipinski definition) is 0. The second kappa shape index (κ2) is 6.33. The van der Waals surface area contributed by atoms with Crippen molar-refractivity contribution in [3.63, 3.8) is 0 Å². The Balaban J connectivity index is 1.36. The molecule has 5 fully saturated rings. The Bertz CT molecular complexity index is 797. The minimum Gasteiger partial charge on any atom is -0.338 e. The van der Waals surface area contributed by atoms with Gasteiger partial charge in [-0.05, 0) is 81.3 Å². The highest BCUT2D eigenvalue weighted by atomic mass is 32.2. The van der Waals surface area contributed by atoms with Crippen molar-refractivity contribution in [2.24, 2.45) is 23.2 Å². The minimum atomic E-state index is -3.36. The van der Waals surface area contributed by atoms with E-state index >= 15 is 0 Å². The van der Waals surface area contributed by atoms with Gasteiger partial charge < -0.3 is 4.90 Å². The Morgan fingerprint density at radius 3 is 2.19 bits per heavy atom. The predicted molar refractivity (Wildman–Crippen MR) is 104 cm³/mol. The molecule has 4 nitrogen and oxygen atoms in total. The van der Waals surface area contributed by atoms with E-state index in [0.29, 0.717) is 4.90 Å². The summed E-state index contributed by atoms with van der Waals surface area (Å²) in [5.74, 6) is 2.54. The summed E-state index contributed by atoms with van der Waals surface area (Å²) in [5.41, 5.74) is -0.173. The van der Waals surface area contributed by atoms with Gasteiger partial charge >= 0.3 is 0 Å². The van der Waals surface area contributed by atoms with Crippen LogP contribution in [0.25, 0.3) is 0 Å². The van der Waals surface area contributed by atoms with Crippen molar-refractivity contribution in [2.45, 2.75) is 62.3 Å². The molecule has 1 aliphatic heterocycles. The molecular formula is C22H29NO3S. The molecule has 146 valence electrons. The van der Waals surface area contributed by atoms with Crippen molar-refractivity contribution in [1.82, 2.24) is 4.90 Å². The first-order chi connectivity index (χ1) is 13.0. The summed E-state index contributed by atoms with van der Waals surface area (Å²) in [6, 6.07) is 8.53. The third kappa shape index (κ3) is 3.02. The molecule has 4 bridgehead atoms. The Morgan fingerprint density at radius 2 is 1.59 bits per heavy atom. The van der Waals surface area contributed by atoms with E-state index in [1.165, 1.54) is 19.3 Å². The topological polar surface area (TPSA) is 54.5 Å². The molecule has 4 saturated carbocycles. The number of hydrogen-bond acceptors (Lipinski definition) is 3. The lowest BCUT2D eigenvalue weighted by Gasteiger charge is -2.56. The van der Waals surface area contributed by atoms with Gasteiger partial charge in [0.2, 0.25) is 5.91 Å². The lowest BCUT2D eigenvalue weighted by Crippen LogP contribution is -2.56. The maximum Gasteiger partial charge on any atom is 0.229 e. The first kappa shape index (κ1) is 17.7. The summed E-state index contributed by atoms with van der Waals surface area (Å²) in [7, 11) is -3.36. The molecule has 5 heteroatoms. The van der Waals surface area contributed by atoms with Crippen LogP contribution in [0.2, 0.25) is 0 Å². The third-order valence-corrected chi connectivity index (χ3v) is 9.46. The number of nitrogens with zero attached hydrogens (tertiary/aromatic N) is 1. The third-order valence-electron chi connectivity index (χ3n) is 7.64. The van der Waals surface area contributed by atoms with E-state index in [2.05, 4.69) is 0 Å². The maximum atomic E-state index is 13.7. The molecule has 1 aromatic carbocycles. The molecule has 1 amide bonds. The van der Waals surface area contributed by atoms with Crippen LogP contribution in [-0.2, 0) is 14.6 Å².